The molecule has 2 nitrogen and oxygen atoms in total. The Hall–Kier alpha value is -0.540. The number of hydrazine groups is 1. The molecule has 1 aromatic rings. The minimum Gasteiger partial charge on any atom is -0.311 e. The van der Waals surface area contributed by atoms with E-state index in [4.69, 9.17) is 0 Å². The molecule has 0 fully saturated rings. The normalized spacial score (nSPS) is 15.3. The third-order valence-corrected chi connectivity index (χ3v) is 2.41. The van der Waals surface area contributed by atoms with Crippen LogP contribution >= 0.6 is 15.9 Å². The van der Waals surface area contributed by atoms with Gasteiger partial charge in [0.25, 0.3) is 0 Å². The number of nitrogens with one attached hydrogen (secondary N) is 1. The molecule has 0 aromatic heterocycles. The van der Waals surface area contributed by atoms with E-state index < -0.39 is 0 Å². The molecule has 0 bridgehead atoms. The van der Waals surface area contributed by atoms with Crippen LogP contribution in [0.2, 0.25) is 0 Å². The van der Waals surface area contributed by atoms with Crippen LogP contribution in [0.4, 0.5) is 5.69 Å². The number of halogens is 1. The molecule has 2 rings (SSSR count). The zero-order valence-corrected chi connectivity index (χ0v) is 7.85. The van der Waals surface area contributed by atoms with Crippen LogP contribution in [-0.2, 0) is 6.54 Å². The third kappa shape index (κ3) is 1.14. The predicted octanol–water partition coefficient (Wildman–Crippen LogP) is 1.90. The van der Waals surface area contributed by atoms with Gasteiger partial charge < -0.3 is 5.01 Å². The molecule has 0 spiro atoms. The van der Waals surface area contributed by atoms with E-state index in [0.29, 0.717) is 0 Å². The fraction of sp³-hybridized carbons (Fsp3) is 0.250. The second-order valence-corrected chi connectivity index (χ2v) is 3.58. The lowest BCUT2D eigenvalue weighted by Crippen LogP contribution is -2.26. The first kappa shape index (κ1) is 7.13. The van der Waals surface area contributed by atoms with Crippen molar-refractivity contribution in [2.45, 2.75) is 6.54 Å². The molecule has 3 heteroatoms. The quantitative estimate of drug-likeness (QED) is 0.708. The van der Waals surface area contributed by atoms with Crippen LogP contribution in [0.3, 0.4) is 0 Å². The second kappa shape index (κ2) is 2.50. The topological polar surface area (TPSA) is 15.3 Å². The van der Waals surface area contributed by atoms with Crippen LogP contribution < -0.4 is 10.4 Å². The molecular formula is C8H9BrN2. The number of anilines is 1. The third-order valence-electron chi connectivity index (χ3n) is 1.92. The highest BCUT2D eigenvalue weighted by molar-refractivity contribution is 9.10. The monoisotopic (exact) mass is 212 g/mol. The number of hydrogen-bond donors (Lipinski definition) is 1. The van der Waals surface area contributed by atoms with Gasteiger partial charge in [-0.2, -0.15) is 0 Å². The molecule has 0 aliphatic carbocycles. The van der Waals surface area contributed by atoms with Crippen molar-refractivity contribution in [2.24, 2.45) is 0 Å². The van der Waals surface area contributed by atoms with E-state index in [1.807, 2.05) is 12.1 Å². The standard InChI is InChI=1S/C8H9BrN2/c1-11-8-4-7(9)3-2-6(8)5-10-11/h2-4,10H,5H2,1H3. The summed E-state index contributed by atoms with van der Waals surface area (Å²) < 4.78 is 1.13. The van der Waals surface area contributed by atoms with Crippen LogP contribution in [0.25, 0.3) is 0 Å². The molecule has 1 aliphatic heterocycles. The van der Waals surface area contributed by atoms with Gasteiger partial charge in [-0.25, -0.2) is 5.43 Å². The van der Waals surface area contributed by atoms with Crippen LogP contribution in [-0.4, -0.2) is 7.05 Å². The lowest BCUT2D eigenvalue weighted by Gasteiger charge is -2.11. The SMILES string of the molecule is CN1NCc2ccc(Br)cc21. The summed E-state index contributed by atoms with van der Waals surface area (Å²) >= 11 is 3.44. The minimum absolute atomic E-state index is 0.944. The largest absolute Gasteiger partial charge is 0.311 e. The van der Waals surface area contributed by atoms with Crippen molar-refractivity contribution in [1.82, 2.24) is 5.43 Å². The van der Waals surface area contributed by atoms with Crippen molar-refractivity contribution in [3.63, 3.8) is 0 Å². The smallest absolute Gasteiger partial charge is 0.0573 e. The number of rotatable bonds is 0. The fourth-order valence-electron chi connectivity index (χ4n) is 1.29. The number of nitrogens with zero attached hydrogens (tertiary/aromatic N) is 1. The summed E-state index contributed by atoms with van der Waals surface area (Å²) in [6.45, 7) is 0.944. The van der Waals surface area contributed by atoms with Gasteiger partial charge >= 0.3 is 0 Å². The van der Waals surface area contributed by atoms with Gasteiger partial charge in [0.05, 0.1) is 5.69 Å². The Balaban J connectivity index is 2.52. The van der Waals surface area contributed by atoms with E-state index in [1.54, 1.807) is 0 Å². The van der Waals surface area contributed by atoms with Crippen molar-refractivity contribution >= 4 is 21.6 Å². The van der Waals surface area contributed by atoms with Crippen molar-refractivity contribution in [3.05, 3.63) is 28.2 Å². The van der Waals surface area contributed by atoms with Crippen molar-refractivity contribution in [1.29, 1.82) is 0 Å². The Kier molecular flexibility index (Phi) is 1.62. The average Bonchev–Trinajstić information content (AvgIpc) is 2.33. The lowest BCUT2D eigenvalue weighted by atomic mass is 10.2. The molecule has 0 unspecified atom stereocenters. The molecule has 0 saturated heterocycles. The van der Waals surface area contributed by atoms with Crippen molar-refractivity contribution in [3.8, 4) is 0 Å². The molecule has 0 radical (unpaired) electrons. The summed E-state index contributed by atoms with van der Waals surface area (Å²) in [6.07, 6.45) is 0. The molecule has 0 atom stereocenters. The van der Waals surface area contributed by atoms with Gasteiger partial charge in [-0.05, 0) is 17.7 Å². The van der Waals surface area contributed by atoms with E-state index in [2.05, 4.69) is 39.6 Å². The molecule has 1 aliphatic rings. The molecule has 0 saturated carbocycles. The second-order valence-electron chi connectivity index (χ2n) is 2.67. The van der Waals surface area contributed by atoms with Crippen LogP contribution in [0.5, 0.6) is 0 Å². The van der Waals surface area contributed by atoms with Gasteiger partial charge in [0.15, 0.2) is 0 Å². The maximum absolute atomic E-state index is 3.44. The van der Waals surface area contributed by atoms with Crippen LogP contribution in [0.1, 0.15) is 5.56 Å². The summed E-state index contributed by atoms with van der Waals surface area (Å²) in [4.78, 5) is 0. The number of fused-ring (bicyclic) bond motifs is 1. The maximum atomic E-state index is 3.44. The summed E-state index contributed by atoms with van der Waals surface area (Å²) in [6, 6.07) is 6.32. The summed E-state index contributed by atoms with van der Waals surface area (Å²) in [5.41, 5.74) is 5.85. The number of hydrogen-bond acceptors (Lipinski definition) is 2. The highest BCUT2D eigenvalue weighted by Gasteiger charge is 2.13. The fourth-order valence-corrected chi connectivity index (χ4v) is 1.64. The molecule has 11 heavy (non-hydrogen) atoms. The van der Waals surface area contributed by atoms with Crippen LogP contribution in [0, 0.1) is 0 Å². The number of benzene rings is 1. The van der Waals surface area contributed by atoms with Gasteiger partial charge in [0, 0.05) is 18.1 Å². The maximum Gasteiger partial charge on any atom is 0.0573 e. The molecule has 1 heterocycles. The highest BCUT2D eigenvalue weighted by Crippen LogP contribution is 2.26. The Bertz CT molecular complexity index is 285. The molecule has 1 N–H and O–H groups in total. The zero-order valence-electron chi connectivity index (χ0n) is 6.26. The van der Waals surface area contributed by atoms with E-state index >= 15 is 0 Å². The van der Waals surface area contributed by atoms with Gasteiger partial charge in [0.1, 0.15) is 0 Å². The first-order valence-electron chi connectivity index (χ1n) is 3.53. The first-order valence-corrected chi connectivity index (χ1v) is 4.32. The van der Waals surface area contributed by atoms with E-state index in [0.717, 1.165) is 11.0 Å². The van der Waals surface area contributed by atoms with Gasteiger partial charge in [-0.3, -0.25) is 0 Å². The summed E-state index contributed by atoms with van der Waals surface area (Å²) in [5, 5.41) is 2.04. The highest BCUT2D eigenvalue weighted by atomic mass is 79.9. The molecule has 58 valence electrons. The predicted molar refractivity (Wildman–Crippen MR) is 49.4 cm³/mol. The summed E-state index contributed by atoms with van der Waals surface area (Å²) in [5.74, 6) is 0. The Morgan fingerprint density at radius 1 is 1.55 bits per heavy atom. The van der Waals surface area contributed by atoms with Crippen LogP contribution in [0.15, 0.2) is 22.7 Å². The Morgan fingerprint density at radius 2 is 2.36 bits per heavy atom. The van der Waals surface area contributed by atoms with E-state index in [1.165, 1.54) is 11.3 Å². The van der Waals surface area contributed by atoms with Gasteiger partial charge in [0.2, 0.25) is 0 Å². The summed E-state index contributed by atoms with van der Waals surface area (Å²) in [7, 11) is 2.03. The first-order chi connectivity index (χ1) is 5.27. The molecule has 0 amide bonds. The molecule has 1 aromatic carbocycles. The Labute approximate surface area is 74.3 Å². The lowest BCUT2D eigenvalue weighted by molar-refractivity contribution is 0.734. The zero-order chi connectivity index (χ0) is 7.84. The van der Waals surface area contributed by atoms with Gasteiger partial charge in [-0.15, -0.1) is 0 Å². The average molecular weight is 213 g/mol. The van der Waals surface area contributed by atoms with E-state index in [-0.39, 0.29) is 0 Å². The van der Waals surface area contributed by atoms with Crippen molar-refractivity contribution in [2.75, 3.05) is 12.1 Å². The van der Waals surface area contributed by atoms with Gasteiger partial charge in [-0.1, -0.05) is 22.0 Å². The van der Waals surface area contributed by atoms with E-state index in [9.17, 15) is 0 Å². The molecular weight excluding hydrogens is 204 g/mol. The van der Waals surface area contributed by atoms with Crippen molar-refractivity contribution < 1.29 is 0 Å². The Morgan fingerprint density at radius 3 is 3.18 bits per heavy atom. The minimum atomic E-state index is 0.944.